The van der Waals surface area contributed by atoms with Crippen molar-refractivity contribution in [1.82, 2.24) is 9.97 Å². The van der Waals surface area contributed by atoms with Crippen LogP contribution in [0.25, 0.3) is 10.8 Å². The number of benzene rings is 1. The van der Waals surface area contributed by atoms with Crippen LogP contribution in [0.1, 0.15) is 22.9 Å². The number of nitrogens with zero attached hydrogens (tertiary/aromatic N) is 1. The maximum absolute atomic E-state index is 12.0. The number of fused-ring (bicyclic) bond motifs is 1. The van der Waals surface area contributed by atoms with Crippen molar-refractivity contribution in [3.63, 3.8) is 0 Å². The van der Waals surface area contributed by atoms with Crippen molar-refractivity contribution >= 4 is 27.9 Å². The van der Waals surface area contributed by atoms with E-state index in [-0.39, 0.29) is 11.6 Å². The Balaban J connectivity index is 1.93. The number of anilines is 1. The summed E-state index contributed by atoms with van der Waals surface area (Å²) in [6.45, 7) is 4.07. The van der Waals surface area contributed by atoms with E-state index >= 15 is 0 Å². The molecule has 0 saturated heterocycles. The minimum atomic E-state index is -0.0758. The Bertz CT molecular complexity index is 806. The van der Waals surface area contributed by atoms with Crippen molar-refractivity contribution in [3.8, 4) is 0 Å². The number of aromatic nitrogens is 2. The van der Waals surface area contributed by atoms with E-state index in [0.29, 0.717) is 11.2 Å². The van der Waals surface area contributed by atoms with Crippen molar-refractivity contribution in [2.45, 2.75) is 19.9 Å². The van der Waals surface area contributed by atoms with E-state index < -0.39 is 0 Å². The molecule has 0 bridgehead atoms. The van der Waals surface area contributed by atoms with Crippen LogP contribution in [-0.4, -0.2) is 9.97 Å². The maximum Gasteiger partial charge on any atom is 0.257 e. The van der Waals surface area contributed by atoms with Crippen molar-refractivity contribution < 1.29 is 0 Å². The highest BCUT2D eigenvalue weighted by molar-refractivity contribution is 7.11. The summed E-state index contributed by atoms with van der Waals surface area (Å²) in [4.78, 5) is 20.4. The first-order valence-corrected chi connectivity index (χ1v) is 7.26. The summed E-state index contributed by atoms with van der Waals surface area (Å²) in [5.41, 5.74) is -0.0758. The number of H-pyrrole nitrogens is 1. The maximum atomic E-state index is 12.0. The number of rotatable bonds is 3. The van der Waals surface area contributed by atoms with Crippen LogP contribution in [0.5, 0.6) is 0 Å². The largest absolute Gasteiger partial charge is 0.363 e. The number of thiazole rings is 1. The van der Waals surface area contributed by atoms with Gasteiger partial charge in [-0.15, -0.1) is 11.3 Å². The summed E-state index contributed by atoms with van der Waals surface area (Å²) < 4.78 is 0. The van der Waals surface area contributed by atoms with Gasteiger partial charge < -0.3 is 10.3 Å². The first-order chi connectivity index (χ1) is 9.63. The highest BCUT2D eigenvalue weighted by atomic mass is 32.1. The van der Waals surface area contributed by atoms with Gasteiger partial charge in [-0.3, -0.25) is 4.79 Å². The Morgan fingerprint density at radius 3 is 2.90 bits per heavy atom. The van der Waals surface area contributed by atoms with Crippen molar-refractivity contribution in [3.05, 3.63) is 56.8 Å². The van der Waals surface area contributed by atoms with Gasteiger partial charge in [0.15, 0.2) is 0 Å². The molecule has 0 radical (unpaired) electrons. The van der Waals surface area contributed by atoms with Crippen molar-refractivity contribution in [2.75, 3.05) is 5.32 Å². The lowest BCUT2D eigenvalue weighted by atomic mass is 10.2. The van der Waals surface area contributed by atoms with E-state index in [2.05, 4.69) is 15.3 Å². The number of aromatic amines is 1. The molecule has 0 amide bonds. The smallest absolute Gasteiger partial charge is 0.257 e. The lowest BCUT2D eigenvalue weighted by molar-refractivity contribution is 0.860. The molecule has 1 aromatic carbocycles. The Morgan fingerprint density at radius 2 is 2.15 bits per heavy atom. The molecule has 3 rings (SSSR count). The van der Waals surface area contributed by atoms with Crippen LogP contribution in [0.15, 0.2) is 41.3 Å². The van der Waals surface area contributed by atoms with Gasteiger partial charge >= 0.3 is 0 Å². The first kappa shape index (κ1) is 12.9. The molecule has 1 atom stereocenters. The van der Waals surface area contributed by atoms with E-state index in [1.54, 1.807) is 11.3 Å². The van der Waals surface area contributed by atoms with Gasteiger partial charge in [0.2, 0.25) is 0 Å². The van der Waals surface area contributed by atoms with E-state index in [1.807, 2.05) is 50.4 Å². The summed E-state index contributed by atoms with van der Waals surface area (Å²) in [5.74, 6) is 0.717. The fraction of sp³-hybridized carbons (Fsp3) is 0.200. The molecule has 2 N–H and O–H groups in total. The molecule has 0 saturated carbocycles. The van der Waals surface area contributed by atoms with Crippen LogP contribution in [0, 0.1) is 6.92 Å². The summed E-state index contributed by atoms with van der Waals surface area (Å²) in [7, 11) is 0. The molecule has 20 heavy (non-hydrogen) atoms. The Hall–Kier alpha value is -2.14. The molecule has 0 spiro atoms. The predicted octanol–water partition coefficient (Wildman–Crippen LogP) is 3.47. The zero-order valence-corrected chi connectivity index (χ0v) is 12.1. The lowest BCUT2D eigenvalue weighted by Gasteiger charge is -2.12. The molecule has 3 aromatic rings. The molecule has 0 aliphatic carbocycles. The zero-order valence-electron chi connectivity index (χ0n) is 11.3. The molecule has 0 aliphatic rings. The van der Waals surface area contributed by atoms with Gasteiger partial charge in [-0.05, 0) is 31.4 Å². The van der Waals surface area contributed by atoms with Crippen LogP contribution >= 0.6 is 11.3 Å². The van der Waals surface area contributed by atoms with Gasteiger partial charge in [-0.2, -0.15) is 0 Å². The first-order valence-electron chi connectivity index (χ1n) is 6.44. The molecule has 4 nitrogen and oxygen atoms in total. The number of nitrogens with one attached hydrogen (secondary N) is 2. The Labute approximate surface area is 120 Å². The van der Waals surface area contributed by atoms with Gasteiger partial charge in [0.1, 0.15) is 10.8 Å². The third-order valence-corrected chi connectivity index (χ3v) is 4.23. The second-order valence-corrected chi connectivity index (χ2v) is 6.04. The SMILES string of the molecule is Cc1cnc(C(C)Nc2cc3ccccc3c(=O)[nH]2)s1. The second kappa shape index (κ2) is 5.09. The summed E-state index contributed by atoms with van der Waals surface area (Å²) in [6, 6.07) is 9.57. The van der Waals surface area contributed by atoms with E-state index in [4.69, 9.17) is 0 Å². The van der Waals surface area contributed by atoms with Crippen LogP contribution in [-0.2, 0) is 0 Å². The standard InChI is InChI=1S/C15H15N3OS/c1-9-8-16-15(20-9)10(2)17-13-7-11-5-3-4-6-12(11)14(19)18-13/h3-8,10H,1-2H3,(H2,17,18,19). The quantitative estimate of drug-likeness (QED) is 0.774. The minimum absolute atomic E-state index is 0.0607. The minimum Gasteiger partial charge on any atom is -0.363 e. The molecular formula is C15H15N3OS. The topological polar surface area (TPSA) is 57.8 Å². The number of hydrogen-bond acceptors (Lipinski definition) is 4. The van der Waals surface area contributed by atoms with Gasteiger partial charge in [0.05, 0.1) is 6.04 Å². The van der Waals surface area contributed by atoms with Crippen LogP contribution in [0.2, 0.25) is 0 Å². The predicted molar refractivity (Wildman–Crippen MR) is 83.5 cm³/mol. The third-order valence-electron chi connectivity index (χ3n) is 3.14. The fourth-order valence-electron chi connectivity index (χ4n) is 2.16. The van der Waals surface area contributed by atoms with Gasteiger partial charge in [0.25, 0.3) is 5.56 Å². The zero-order chi connectivity index (χ0) is 14.1. The summed E-state index contributed by atoms with van der Waals surface area (Å²) in [6.07, 6.45) is 1.86. The molecule has 1 unspecified atom stereocenters. The number of aryl methyl sites for hydroxylation is 1. The summed E-state index contributed by atoms with van der Waals surface area (Å²) in [5, 5.41) is 5.94. The van der Waals surface area contributed by atoms with E-state index in [9.17, 15) is 4.79 Å². The van der Waals surface area contributed by atoms with E-state index in [0.717, 1.165) is 10.4 Å². The highest BCUT2D eigenvalue weighted by Gasteiger charge is 2.10. The average Bonchev–Trinajstić information content (AvgIpc) is 2.86. The second-order valence-electron chi connectivity index (χ2n) is 4.77. The van der Waals surface area contributed by atoms with Crippen molar-refractivity contribution in [2.24, 2.45) is 0 Å². The average molecular weight is 285 g/mol. The van der Waals surface area contributed by atoms with E-state index in [1.165, 1.54) is 4.88 Å². The molecule has 0 fully saturated rings. The van der Waals surface area contributed by atoms with Gasteiger partial charge in [-0.25, -0.2) is 4.98 Å². The van der Waals surface area contributed by atoms with Crippen LogP contribution in [0.4, 0.5) is 5.82 Å². The van der Waals surface area contributed by atoms with Gasteiger partial charge in [-0.1, -0.05) is 18.2 Å². The normalized spacial score (nSPS) is 12.5. The highest BCUT2D eigenvalue weighted by Crippen LogP contribution is 2.23. The summed E-state index contributed by atoms with van der Waals surface area (Å²) >= 11 is 1.66. The van der Waals surface area contributed by atoms with Crippen LogP contribution < -0.4 is 10.9 Å². The lowest BCUT2D eigenvalue weighted by Crippen LogP contribution is -2.13. The Kier molecular flexibility index (Phi) is 3.28. The molecule has 2 aromatic heterocycles. The molecule has 5 heteroatoms. The fourth-order valence-corrected chi connectivity index (χ4v) is 2.93. The molecular weight excluding hydrogens is 270 g/mol. The number of pyridine rings is 1. The van der Waals surface area contributed by atoms with Gasteiger partial charge in [0, 0.05) is 16.5 Å². The van der Waals surface area contributed by atoms with Crippen molar-refractivity contribution in [1.29, 1.82) is 0 Å². The third kappa shape index (κ3) is 2.44. The monoisotopic (exact) mass is 285 g/mol. The molecule has 102 valence electrons. The number of hydrogen-bond donors (Lipinski definition) is 2. The Morgan fingerprint density at radius 1 is 1.35 bits per heavy atom. The molecule has 2 heterocycles. The van der Waals surface area contributed by atoms with Crippen LogP contribution in [0.3, 0.4) is 0 Å². The molecule has 0 aliphatic heterocycles.